The van der Waals surface area contributed by atoms with Crippen LogP contribution in [0.25, 0.3) is 0 Å². The maximum atomic E-state index is 8.88. The molecule has 0 bridgehead atoms. The second-order valence-electron chi connectivity index (χ2n) is 5.13. The Hall–Kier alpha value is 0.694. The van der Waals surface area contributed by atoms with Crippen LogP contribution in [0.15, 0.2) is 0 Å². The van der Waals surface area contributed by atoms with Crippen molar-refractivity contribution >= 4 is 7.82 Å². The summed E-state index contributed by atoms with van der Waals surface area (Å²) in [6.07, 6.45) is 17.5. The van der Waals surface area contributed by atoms with E-state index in [4.69, 9.17) is 19.2 Å². The standard InChI is InChI=1S/C14H29.H3O4P.V/c1-3-5-7-9-11-13-14-12-10-8-6-4-2;1-5(2,3)4;/h1,3-14H2,2H3;(H3,1,2,3,4);. The van der Waals surface area contributed by atoms with Gasteiger partial charge in [-0.3, -0.25) is 0 Å². The zero-order valence-electron chi connectivity index (χ0n) is 12.8. The topological polar surface area (TPSA) is 77.8 Å². The Balaban J connectivity index is 0. The van der Waals surface area contributed by atoms with Gasteiger partial charge in [0.1, 0.15) is 0 Å². The first-order valence-electron chi connectivity index (χ1n) is 7.81. The Morgan fingerprint density at radius 2 is 0.950 bits per heavy atom. The van der Waals surface area contributed by atoms with Gasteiger partial charge in [-0.15, -0.1) is 0 Å². The molecule has 0 saturated carbocycles. The number of phosphoric acid groups is 1. The normalized spacial score (nSPS) is 11.0. The Kier molecular flexibility index (Phi) is 20.4. The Bertz CT molecular complexity index is 201. The molecular formula is C14H32O4PV. The summed E-state index contributed by atoms with van der Waals surface area (Å²) in [5, 5.41) is 1.31. The van der Waals surface area contributed by atoms with Gasteiger partial charge in [-0.05, 0) is 0 Å². The fraction of sp³-hybridized carbons (Fsp3) is 1.00. The molecule has 20 heavy (non-hydrogen) atoms. The van der Waals surface area contributed by atoms with Crippen molar-refractivity contribution in [1.82, 2.24) is 0 Å². The predicted octanol–water partition coefficient (Wildman–Crippen LogP) is 4.72. The summed E-state index contributed by atoms with van der Waals surface area (Å²) < 4.78 is 8.88. The van der Waals surface area contributed by atoms with E-state index in [1.165, 1.54) is 82.2 Å². The van der Waals surface area contributed by atoms with Gasteiger partial charge in [0.15, 0.2) is 0 Å². The molecule has 0 aliphatic carbocycles. The maximum absolute atomic E-state index is 8.88. The predicted molar refractivity (Wildman–Crippen MR) is 80.1 cm³/mol. The van der Waals surface area contributed by atoms with Crippen LogP contribution in [0.3, 0.4) is 0 Å². The zero-order valence-corrected chi connectivity index (χ0v) is 15.1. The van der Waals surface area contributed by atoms with Crippen LogP contribution < -0.4 is 0 Å². The van der Waals surface area contributed by atoms with Crippen molar-refractivity contribution < 1.29 is 36.7 Å². The van der Waals surface area contributed by atoms with Gasteiger partial charge in [-0.1, -0.05) is 13.3 Å². The van der Waals surface area contributed by atoms with Crippen molar-refractivity contribution in [2.24, 2.45) is 0 Å². The third-order valence-corrected chi connectivity index (χ3v) is 3.51. The van der Waals surface area contributed by atoms with Crippen LogP contribution in [0.5, 0.6) is 0 Å². The average Bonchev–Trinajstić information content (AvgIpc) is 2.34. The van der Waals surface area contributed by atoms with Crippen molar-refractivity contribution in [1.29, 1.82) is 0 Å². The van der Waals surface area contributed by atoms with Gasteiger partial charge in [0.05, 0.1) is 0 Å². The fourth-order valence-electron chi connectivity index (χ4n) is 1.95. The maximum Gasteiger partial charge on any atom is 0.466 e. The molecule has 0 aliphatic rings. The summed E-state index contributed by atoms with van der Waals surface area (Å²) in [6, 6.07) is 0. The van der Waals surface area contributed by atoms with E-state index in [0.717, 1.165) is 0 Å². The van der Waals surface area contributed by atoms with Crippen LogP contribution >= 0.6 is 7.82 Å². The summed E-state index contributed by atoms with van der Waals surface area (Å²) in [5.74, 6) is 0. The molecule has 3 N–H and O–H groups in total. The van der Waals surface area contributed by atoms with E-state index in [1.54, 1.807) is 0 Å². The third kappa shape index (κ3) is 36.3. The summed E-state index contributed by atoms with van der Waals surface area (Å²) in [5.41, 5.74) is 0. The van der Waals surface area contributed by atoms with Gasteiger partial charge in [-0.25, -0.2) is 4.57 Å². The van der Waals surface area contributed by atoms with Crippen LogP contribution in [0, 0.1) is 0 Å². The van der Waals surface area contributed by atoms with Crippen LogP contribution in [0.2, 0.25) is 5.13 Å². The Morgan fingerprint density at radius 1 is 0.700 bits per heavy atom. The van der Waals surface area contributed by atoms with Crippen molar-refractivity contribution in [3.8, 4) is 0 Å². The molecule has 0 fully saturated rings. The molecule has 122 valence electrons. The number of hydrogen-bond acceptors (Lipinski definition) is 1. The minimum absolute atomic E-state index is 1.31. The van der Waals surface area contributed by atoms with E-state index in [1.807, 2.05) is 0 Å². The second-order valence-corrected chi connectivity index (χ2v) is 6.85. The molecule has 0 saturated heterocycles. The molecule has 0 radical (unpaired) electrons. The summed E-state index contributed by atoms with van der Waals surface area (Å²) in [4.78, 5) is 21.6. The minimum atomic E-state index is -4.64. The van der Waals surface area contributed by atoms with E-state index < -0.39 is 7.82 Å². The molecule has 0 rings (SSSR count). The minimum Gasteiger partial charge on any atom is -0.303 e. The molecule has 0 aromatic heterocycles. The zero-order chi connectivity index (χ0) is 15.7. The molecule has 0 heterocycles. The number of rotatable bonds is 12. The van der Waals surface area contributed by atoms with Gasteiger partial charge < -0.3 is 14.7 Å². The first-order valence-corrected chi connectivity index (χ1v) is 10.4. The van der Waals surface area contributed by atoms with Crippen molar-refractivity contribution in [3.63, 3.8) is 0 Å². The Morgan fingerprint density at radius 3 is 1.20 bits per heavy atom. The molecule has 0 amide bonds. The van der Waals surface area contributed by atoms with Crippen LogP contribution in [-0.4, -0.2) is 14.7 Å². The first kappa shape index (κ1) is 23.0. The molecule has 4 nitrogen and oxygen atoms in total. The van der Waals surface area contributed by atoms with E-state index in [-0.39, 0.29) is 0 Å². The Labute approximate surface area is 134 Å². The van der Waals surface area contributed by atoms with Gasteiger partial charge in [0.25, 0.3) is 0 Å². The SMILES string of the molecule is CCCCCCCCCCCCC[CH2][V].O=P(O)(O)O. The third-order valence-electron chi connectivity index (χ3n) is 3.01. The van der Waals surface area contributed by atoms with Gasteiger partial charge in [0.2, 0.25) is 0 Å². The van der Waals surface area contributed by atoms with Crippen molar-refractivity contribution in [3.05, 3.63) is 0 Å². The monoisotopic (exact) mass is 346 g/mol. The fourth-order valence-corrected chi connectivity index (χ4v) is 2.30. The largest absolute Gasteiger partial charge is 0.466 e. The quantitative estimate of drug-likeness (QED) is 0.353. The number of unbranched alkanes of at least 4 members (excludes halogenated alkanes) is 11. The summed E-state index contributed by atoms with van der Waals surface area (Å²) >= 11 is 2.68. The molecular weight excluding hydrogens is 314 g/mol. The molecule has 6 heteroatoms. The summed E-state index contributed by atoms with van der Waals surface area (Å²) in [6.45, 7) is 2.29. The van der Waals surface area contributed by atoms with Gasteiger partial charge in [0, 0.05) is 0 Å². The first-order chi connectivity index (χ1) is 9.41. The average molecular weight is 346 g/mol. The van der Waals surface area contributed by atoms with Gasteiger partial charge >= 0.3 is 101 Å². The van der Waals surface area contributed by atoms with E-state index in [0.29, 0.717) is 0 Å². The van der Waals surface area contributed by atoms with E-state index >= 15 is 0 Å². The molecule has 0 aromatic carbocycles. The van der Waals surface area contributed by atoms with Crippen LogP contribution in [0.4, 0.5) is 0 Å². The van der Waals surface area contributed by atoms with Crippen LogP contribution in [-0.2, 0) is 22.0 Å². The molecule has 0 unspecified atom stereocenters. The van der Waals surface area contributed by atoms with Crippen molar-refractivity contribution in [2.75, 3.05) is 0 Å². The molecule has 0 spiro atoms. The van der Waals surface area contributed by atoms with E-state index in [2.05, 4.69) is 24.3 Å². The summed E-state index contributed by atoms with van der Waals surface area (Å²) in [7, 11) is -4.64. The smallest absolute Gasteiger partial charge is 0.303 e. The number of hydrogen-bond donors (Lipinski definition) is 3. The molecule has 0 aromatic rings. The van der Waals surface area contributed by atoms with Crippen molar-refractivity contribution in [2.45, 2.75) is 89.1 Å². The second kappa shape index (κ2) is 17.7. The molecule has 0 atom stereocenters. The molecule has 0 aliphatic heterocycles. The van der Waals surface area contributed by atoms with Gasteiger partial charge in [-0.2, -0.15) is 0 Å². The van der Waals surface area contributed by atoms with E-state index in [9.17, 15) is 0 Å². The van der Waals surface area contributed by atoms with Crippen LogP contribution in [0.1, 0.15) is 84.0 Å².